The molecule has 2 N–H and O–H groups in total. The fraction of sp³-hybridized carbons (Fsp3) is 0.190. The molecule has 1 aliphatic rings. The van der Waals surface area contributed by atoms with Crippen LogP contribution in [0.25, 0.3) is 6.08 Å². The van der Waals surface area contributed by atoms with Crippen molar-refractivity contribution in [1.82, 2.24) is 10.2 Å². The number of amides is 2. The Morgan fingerprint density at radius 3 is 2.41 bits per heavy atom. The standard InChI is InChI=1S/C21H20N2O4/c1-22-20(25)16-5-2-14(3-6-16)4-9-19(24)23-11-10-15-7-8-17(21(26)27)12-18(15)13-23/h2-9,12H,10-11,13H2,1H3,(H,22,25)(H,26,27)/b9-4+. The zero-order valence-electron chi connectivity index (χ0n) is 14.9. The Kier molecular flexibility index (Phi) is 5.35. The number of hydrogen-bond acceptors (Lipinski definition) is 3. The summed E-state index contributed by atoms with van der Waals surface area (Å²) in [4.78, 5) is 36.8. The van der Waals surface area contributed by atoms with Crippen LogP contribution in [0.15, 0.2) is 48.5 Å². The Morgan fingerprint density at radius 1 is 1.04 bits per heavy atom. The number of carbonyl (C=O) groups is 3. The monoisotopic (exact) mass is 364 g/mol. The quantitative estimate of drug-likeness (QED) is 0.816. The van der Waals surface area contributed by atoms with E-state index in [-0.39, 0.29) is 17.4 Å². The zero-order valence-corrected chi connectivity index (χ0v) is 14.9. The highest BCUT2D eigenvalue weighted by atomic mass is 16.4. The molecular weight excluding hydrogens is 344 g/mol. The van der Waals surface area contributed by atoms with Gasteiger partial charge in [0.1, 0.15) is 0 Å². The first kappa shape index (κ1) is 18.4. The summed E-state index contributed by atoms with van der Waals surface area (Å²) in [6.45, 7) is 0.993. The molecule has 0 unspecified atom stereocenters. The van der Waals surface area contributed by atoms with Crippen LogP contribution < -0.4 is 5.32 Å². The Labute approximate surface area is 157 Å². The van der Waals surface area contributed by atoms with Crippen LogP contribution in [0.3, 0.4) is 0 Å². The average Bonchev–Trinajstić information content (AvgIpc) is 2.70. The first-order valence-corrected chi connectivity index (χ1v) is 8.62. The van der Waals surface area contributed by atoms with Gasteiger partial charge in [0, 0.05) is 31.8 Å². The third-order valence-corrected chi connectivity index (χ3v) is 4.60. The maximum absolute atomic E-state index is 12.5. The minimum atomic E-state index is -0.971. The predicted molar refractivity (Wildman–Crippen MR) is 101 cm³/mol. The molecule has 0 saturated heterocycles. The van der Waals surface area contributed by atoms with Crippen molar-refractivity contribution >= 4 is 23.9 Å². The largest absolute Gasteiger partial charge is 0.478 e. The number of carbonyl (C=O) groups excluding carboxylic acids is 2. The lowest BCUT2D eigenvalue weighted by molar-refractivity contribution is -0.126. The third-order valence-electron chi connectivity index (χ3n) is 4.60. The fourth-order valence-electron chi connectivity index (χ4n) is 3.04. The Morgan fingerprint density at radius 2 is 1.74 bits per heavy atom. The van der Waals surface area contributed by atoms with E-state index < -0.39 is 5.97 Å². The molecule has 0 aromatic heterocycles. The molecule has 6 nitrogen and oxygen atoms in total. The number of benzene rings is 2. The second-order valence-electron chi connectivity index (χ2n) is 6.33. The van der Waals surface area contributed by atoms with Crippen LogP contribution in [0.4, 0.5) is 0 Å². The van der Waals surface area contributed by atoms with Gasteiger partial charge in [-0.1, -0.05) is 18.2 Å². The van der Waals surface area contributed by atoms with Gasteiger partial charge in [0.2, 0.25) is 5.91 Å². The maximum atomic E-state index is 12.5. The zero-order chi connectivity index (χ0) is 19.4. The molecule has 138 valence electrons. The number of aromatic carboxylic acids is 1. The summed E-state index contributed by atoms with van der Waals surface area (Å²) in [7, 11) is 1.57. The normalized spacial score (nSPS) is 13.3. The molecule has 0 spiro atoms. The van der Waals surface area contributed by atoms with E-state index in [2.05, 4.69) is 5.32 Å². The molecular formula is C21H20N2O4. The maximum Gasteiger partial charge on any atom is 0.335 e. The SMILES string of the molecule is CNC(=O)c1ccc(/C=C/C(=O)N2CCc3ccc(C(=O)O)cc3C2)cc1. The van der Waals surface area contributed by atoms with E-state index in [0.717, 1.165) is 16.7 Å². The van der Waals surface area contributed by atoms with Crippen LogP contribution in [0.5, 0.6) is 0 Å². The van der Waals surface area contributed by atoms with E-state index in [1.807, 2.05) is 6.07 Å². The van der Waals surface area contributed by atoms with Crippen molar-refractivity contribution in [1.29, 1.82) is 0 Å². The number of fused-ring (bicyclic) bond motifs is 1. The van der Waals surface area contributed by atoms with Gasteiger partial charge < -0.3 is 15.3 Å². The molecule has 27 heavy (non-hydrogen) atoms. The summed E-state index contributed by atoms with van der Waals surface area (Å²) in [5.74, 6) is -1.26. The van der Waals surface area contributed by atoms with Gasteiger partial charge in [0.25, 0.3) is 5.91 Å². The van der Waals surface area contributed by atoms with Gasteiger partial charge in [-0.15, -0.1) is 0 Å². The van der Waals surface area contributed by atoms with Crippen molar-refractivity contribution in [2.45, 2.75) is 13.0 Å². The number of carboxylic acids is 1. The molecule has 2 aromatic carbocycles. The number of carboxylic acid groups (broad SMARTS) is 1. The van der Waals surface area contributed by atoms with Crippen molar-refractivity contribution in [3.05, 3.63) is 76.4 Å². The van der Waals surface area contributed by atoms with Crippen molar-refractivity contribution in [3.63, 3.8) is 0 Å². The molecule has 0 radical (unpaired) electrons. The average molecular weight is 364 g/mol. The van der Waals surface area contributed by atoms with E-state index in [9.17, 15) is 14.4 Å². The number of hydrogen-bond donors (Lipinski definition) is 2. The summed E-state index contributed by atoms with van der Waals surface area (Å²) in [5, 5.41) is 11.7. The highest BCUT2D eigenvalue weighted by molar-refractivity contribution is 5.95. The van der Waals surface area contributed by atoms with Gasteiger partial charge in [-0.3, -0.25) is 9.59 Å². The van der Waals surface area contributed by atoms with Gasteiger partial charge in [0.15, 0.2) is 0 Å². The van der Waals surface area contributed by atoms with Gasteiger partial charge in [0.05, 0.1) is 5.56 Å². The Hall–Kier alpha value is -3.41. The van der Waals surface area contributed by atoms with E-state index in [4.69, 9.17) is 5.11 Å². The molecule has 3 rings (SSSR count). The molecule has 2 amide bonds. The molecule has 1 heterocycles. The molecule has 0 saturated carbocycles. The fourth-order valence-corrected chi connectivity index (χ4v) is 3.04. The number of nitrogens with zero attached hydrogens (tertiary/aromatic N) is 1. The van der Waals surface area contributed by atoms with E-state index in [0.29, 0.717) is 25.1 Å². The Balaban J connectivity index is 1.68. The summed E-state index contributed by atoms with van der Waals surface area (Å²) in [6.07, 6.45) is 3.91. The highest BCUT2D eigenvalue weighted by Gasteiger charge is 2.20. The van der Waals surface area contributed by atoms with Crippen molar-refractivity contribution in [3.8, 4) is 0 Å². The molecule has 0 atom stereocenters. The van der Waals surface area contributed by atoms with Crippen LogP contribution in [-0.4, -0.2) is 41.4 Å². The van der Waals surface area contributed by atoms with Crippen molar-refractivity contribution < 1.29 is 19.5 Å². The van der Waals surface area contributed by atoms with Crippen LogP contribution in [0.1, 0.15) is 37.4 Å². The van der Waals surface area contributed by atoms with E-state index >= 15 is 0 Å². The summed E-state index contributed by atoms with van der Waals surface area (Å²) < 4.78 is 0. The third kappa shape index (κ3) is 4.23. The number of rotatable bonds is 4. The smallest absolute Gasteiger partial charge is 0.335 e. The lowest BCUT2D eigenvalue weighted by Crippen LogP contribution is -2.34. The predicted octanol–water partition coefficient (Wildman–Crippen LogP) is 2.34. The lowest BCUT2D eigenvalue weighted by atomic mass is 9.97. The Bertz CT molecular complexity index is 916. The van der Waals surface area contributed by atoms with Crippen LogP contribution in [0.2, 0.25) is 0 Å². The topological polar surface area (TPSA) is 86.7 Å². The van der Waals surface area contributed by atoms with Crippen LogP contribution >= 0.6 is 0 Å². The van der Waals surface area contributed by atoms with Crippen molar-refractivity contribution in [2.24, 2.45) is 0 Å². The first-order chi connectivity index (χ1) is 13.0. The summed E-state index contributed by atoms with van der Waals surface area (Å²) in [6, 6.07) is 12.0. The molecule has 2 aromatic rings. The van der Waals surface area contributed by atoms with Gasteiger partial charge in [-0.05, 0) is 53.5 Å². The minimum Gasteiger partial charge on any atom is -0.478 e. The molecule has 0 aliphatic carbocycles. The number of nitrogens with one attached hydrogen (secondary N) is 1. The summed E-state index contributed by atoms with van der Waals surface area (Å²) >= 11 is 0. The second kappa shape index (κ2) is 7.86. The molecule has 6 heteroatoms. The molecule has 1 aliphatic heterocycles. The lowest BCUT2D eigenvalue weighted by Gasteiger charge is -2.28. The molecule has 0 fully saturated rings. The second-order valence-corrected chi connectivity index (χ2v) is 6.33. The summed E-state index contributed by atoms with van der Waals surface area (Å²) in [5.41, 5.74) is 3.56. The van der Waals surface area contributed by atoms with Crippen LogP contribution in [-0.2, 0) is 17.8 Å². The van der Waals surface area contributed by atoms with Crippen molar-refractivity contribution in [2.75, 3.05) is 13.6 Å². The van der Waals surface area contributed by atoms with E-state index in [1.165, 1.54) is 6.08 Å². The molecule has 0 bridgehead atoms. The van der Waals surface area contributed by atoms with Gasteiger partial charge >= 0.3 is 5.97 Å². The van der Waals surface area contributed by atoms with Crippen LogP contribution in [0, 0.1) is 0 Å². The first-order valence-electron chi connectivity index (χ1n) is 8.62. The van der Waals surface area contributed by atoms with Gasteiger partial charge in [-0.2, -0.15) is 0 Å². The minimum absolute atomic E-state index is 0.128. The van der Waals surface area contributed by atoms with E-state index in [1.54, 1.807) is 54.4 Å². The highest BCUT2D eigenvalue weighted by Crippen LogP contribution is 2.21. The van der Waals surface area contributed by atoms with Gasteiger partial charge in [-0.25, -0.2) is 4.79 Å².